The highest BCUT2D eigenvalue weighted by Gasteiger charge is 2.41. The Bertz CT molecular complexity index is 309. The van der Waals surface area contributed by atoms with Crippen molar-refractivity contribution in [3.63, 3.8) is 0 Å². The molecule has 1 unspecified atom stereocenters. The molecule has 1 heterocycles. The molecule has 15 heavy (non-hydrogen) atoms. The fourth-order valence-corrected chi connectivity index (χ4v) is 1.71. The molecule has 0 amide bonds. The number of rotatable bonds is 5. The van der Waals surface area contributed by atoms with Crippen molar-refractivity contribution < 1.29 is 5.11 Å². The second kappa shape index (κ2) is 4.29. The van der Waals surface area contributed by atoms with E-state index in [9.17, 15) is 5.11 Å². The van der Waals surface area contributed by atoms with E-state index in [-0.39, 0.29) is 5.41 Å². The molecule has 1 aromatic rings. The first-order valence-corrected chi connectivity index (χ1v) is 5.50. The maximum atomic E-state index is 9.19. The van der Waals surface area contributed by atoms with Crippen molar-refractivity contribution in [2.45, 2.75) is 25.8 Å². The van der Waals surface area contributed by atoms with Gasteiger partial charge in [0.25, 0.3) is 0 Å². The molecule has 82 valence electrons. The highest BCUT2D eigenvalue weighted by atomic mass is 16.3. The van der Waals surface area contributed by atoms with Crippen LogP contribution in [0.1, 0.15) is 31.4 Å². The third kappa shape index (κ3) is 2.55. The van der Waals surface area contributed by atoms with Gasteiger partial charge in [0.05, 0.1) is 0 Å². The van der Waals surface area contributed by atoms with Gasteiger partial charge in [0.1, 0.15) is 0 Å². The van der Waals surface area contributed by atoms with Crippen molar-refractivity contribution in [1.82, 2.24) is 10.3 Å². The van der Waals surface area contributed by atoms with Crippen LogP contribution in [0.15, 0.2) is 24.5 Å². The highest BCUT2D eigenvalue weighted by molar-refractivity contribution is 5.14. The average molecular weight is 206 g/mol. The van der Waals surface area contributed by atoms with Gasteiger partial charge in [0.15, 0.2) is 0 Å². The van der Waals surface area contributed by atoms with Gasteiger partial charge in [-0.25, -0.2) is 0 Å². The number of aliphatic hydroxyl groups is 1. The monoisotopic (exact) mass is 206 g/mol. The maximum absolute atomic E-state index is 9.19. The molecule has 0 aliphatic heterocycles. The van der Waals surface area contributed by atoms with Gasteiger partial charge in [-0.05, 0) is 37.5 Å². The number of hydrogen-bond donors (Lipinski definition) is 2. The molecule has 1 atom stereocenters. The molecule has 0 bridgehead atoms. The van der Waals surface area contributed by atoms with Crippen LogP contribution in [0, 0.1) is 5.41 Å². The first-order valence-electron chi connectivity index (χ1n) is 5.50. The lowest BCUT2D eigenvalue weighted by Crippen LogP contribution is -2.28. The summed E-state index contributed by atoms with van der Waals surface area (Å²) in [5, 5.41) is 12.7. The zero-order valence-electron chi connectivity index (χ0n) is 9.11. The molecule has 1 aliphatic rings. The van der Waals surface area contributed by atoms with Crippen LogP contribution in [0.25, 0.3) is 0 Å². The fraction of sp³-hybridized carbons (Fsp3) is 0.583. The standard InChI is InChI=1S/C12H18N2O/c1-10(11-2-6-13-7-3-11)14-8-12(9-15)4-5-12/h2-3,6-7,10,14-15H,4-5,8-9H2,1H3. The minimum Gasteiger partial charge on any atom is -0.396 e. The molecule has 1 aromatic heterocycles. The molecule has 1 aliphatic carbocycles. The van der Waals surface area contributed by atoms with Crippen molar-refractivity contribution in [2.75, 3.05) is 13.2 Å². The molecular formula is C12H18N2O. The molecule has 0 saturated heterocycles. The number of nitrogens with one attached hydrogen (secondary N) is 1. The summed E-state index contributed by atoms with van der Waals surface area (Å²) in [6.45, 7) is 3.36. The normalized spacial score (nSPS) is 19.9. The van der Waals surface area contributed by atoms with E-state index < -0.39 is 0 Å². The molecule has 1 fully saturated rings. The third-order valence-electron chi connectivity index (χ3n) is 3.28. The summed E-state index contributed by atoms with van der Waals surface area (Å²) in [4.78, 5) is 4.00. The van der Waals surface area contributed by atoms with E-state index in [1.165, 1.54) is 5.56 Å². The zero-order valence-corrected chi connectivity index (χ0v) is 9.11. The summed E-state index contributed by atoms with van der Waals surface area (Å²) in [5.74, 6) is 0. The maximum Gasteiger partial charge on any atom is 0.0499 e. The van der Waals surface area contributed by atoms with Crippen LogP contribution in [0.5, 0.6) is 0 Å². The predicted octanol–water partition coefficient (Wildman–Crippen LogP) is 1.50. The Hall–Kier alpha value is -0.930. The average Bonchev–Trinajstić information content (AvgIpc) is 3.08. The van der Waals surface area contributed by atoms with Crippen LogP contribution >= 0.6 is 0 Å². The van der Waals surface area contributed by atoms with E-state index >= 15 is 0 Å². The van der Waals surface area contributed by atoms with Crippen molar-refractivity contribution in [3.8, 4) is 0 Å². The molecular weight excluding hydrogens is 188 g/mol. The summed E-state index contributed by atoms with van der Waals surface area (Å²) < 4.78 is 0. The highest BCUT2D eigenvalue weighted by Crippen LogP contribution is 2.44. The summed E-state index contributed by atoms with van der Waals surface area (Å²) in [7, 11) is 0. The predicted molar refractivity (Wildman–Crippen MR) is 59.4 cm³/mol. The van der Waals surface area contributed by atoms with Crippen LogP contribution in [-0.4, -0.2) is 23.2 Å². The second-order valence-electron chi connectivity index (χ2n) is 4.54. The summed E-state index contributed by atoms with van der Waals surface area (Å²) in [6, 6.07) is 4.38. The van der Waals surface area contributed by atoms with Crippen LogP contribution < -0.4 is 5.32 Å². The summed E-state index contributed by atoms with van der Waals surface area (Å²) in [6.07, 6.45) is 5.93. The van der Waals surface area contributed by atoms with Gasteiger partial charge >= 0.3 is 0 Å². The Labute approximate surface area is 90.5 Å². The molecule has 2 rings (SSSR count). The molecule has 3 heteroatoms. The number of aromatic nitrogens is 1. The lowest BCUT2D eigenvalue weighted by atomic mass is 10.1. The quantitative estimate of drug-likeness (QED) is 0.767. The first kappa shape index (κ1) is 10.6. The third-order valence-corrected chi connectivity index (χ3v) is 3.28. The Morgan fingerprint density at radius 1 is 1.47 bits per heavy atom. The SMILES string of the molecule is CC(NCC1(CO)CC1)c1ccncc1. The van der Waals surface area contributed by atoms with Crippen molar-refractivity contribution in [3.05, 3.63) is 30.1 Å². The minimum atomic E-state index is 0.182. The van der Waals surface area contributed by atoms with Crippen LogP contribution in [0.4, 0.5) is 0 Å². The van der Waals surface area contributed by atoms with Gasteiger partial charge in [0.2, 0.25) is 0 Å². The largest absolute Gasteiger partial charge is 0.396 e. The van der Waals surface area contributed by atoms with Crippen LogP contribution in [0.2, 0.25) is 0 Å². The topological polar surface area (TPSA) is 45.1 Å². The van der Waals surface area contributed by atoms with Crippen LogP contribution in [0.3, 0.4) is 0 Å². The minimum absolute atomic E-state index is 0.182. The van der Waals surface area contributed by atoms with Gasteiger partial charge in [0, 0.05) is 37.0 Å². The van der Waals surface area contributed by atoms with E-state index in [1.54, 1.807) is 0 Å². The van der Waals surface area contributed by atoms with Gasteiger partial charge in [-0.1, -0.05) is 0 Å². The first-order chi connectivity index (χ1) is 7.26. The van der Waals surface area contributed by atoms with Crippen LogP contribution in [-0.2, 0) is 0 Å². The molecule has 2 N–H and O–H groups in total. The van der Waals surface area contributed by atoms with Crippen molar-refractivity contribution in [2.24, 2.45) is 5.41 Å². The van der Waals surface area contributed by atoms with E-state index in [0.29, 0.717) is 12.6 Å². The number of nitrogens with zero attached hydrogens (tertiary/aromatic N) is 1. The van der Waals surface area contributed by atoms with Gasteiger partial charge in [-0.15, -0.1) is 0 Å². The van der Waals surface area contributed by atoms with Gasteiger partial charge in [-0.2, -0.15) is 0 Å². The van der Waals surface area contributed by atoms with Gasteiger partial charge in [-0.3, -0.25) is 4.98 Å². The Kier molecular flexibility index (Phi) is 3.03. The Balaban J connectivity index is 1.85. The van der Waals surface area contributed by atoms with E-state index in [1.807, 2.05) is 24.5 Å². The van der Waals surface area contributed by atoms with Crippen molar-refractivity contribution >= 4 is 0 Å². The number of hydrogen-bond acceptors (Lipinski definition) is 3. The molecule has 0 aromatic carbocycles. The van der Waals surface area contributed by atoms with E-state index in [4.69, 9.17) is 0 Å². The molecule has 0 radical (unpaired) electrons. The smallest absolute Gasteiger partial charge is 0.0499 e. The lowest BCUT2D eigenvalue weighted by Gasteiger charge is -2.18. The van der Waals surface area contributed by atoms with Gasteiger partial charge < -0.3 is 10.4 Å². The zero-order chi connectivity index (χ0) is 10.7. The summed E-state index contributed by atoms with van der Waals surface area (Å²) in [5.41, 5.74) is 1.43. The Morgan fingerprint density at radius 3 is 2.67 bits per heavy atom. The number of aliphatic hydroxyl groups excluding tert-OH is 1. The molecule has 0 spiro atoms. The second-order valence-corrected chi connectivity index (χ2v) is 4.54. The lowest BCUT2D eigenvalue weighted by molar-refractivity contribution is 0.204. The Morgan fingerprint density at radius 2 is 2.13 bits per heavy atom. The van der Waals surface area contributed by atoms with Crippen molar-refractivity contribution in [1.29, 1.82) is 0 Å². The summed E-state index contributed by atoms with van der Waals surface area (Å²) >= 11 is 0. The van der Waals surface area contributed by atoms with E-state index in [2.05, 4.69) is 17.2 Å². The number of pyridine rings is 1. The van der Waals surface area contributed by atoms with E-state index in [0.717, 1.165) is 19.4 Å². The fourth-order valence-electron chi connectivity index (χ4n) is 1.71. The molecule has 3 nitrogen and oxygen atoms in total. The molecule has 1 saturated carbocycles.